The average Bonchev–Trinajstić information content (AvgIpc) is 3.32. The molecule has 6 heterocycles. The molecule has 3 atom stereocenters. The van der Waals surface area contributed by atoms with E-state index < -0.39 is 40.8 Å². The first kappa shape index (κ1) is 44.6. The van der Waals surface area contributed by atoms with Gasteiger partial charge >= 0.3 is 18.2 Å². The van der Waals surface area contributed by atoms with Crippen LogP contribution in [-0.4, -0.2) is 101 Å². The molecule has 59 heavy (non-hydrogen) atoms. The number of aromatic nitrogens is 2. The minimum Gasteiger partial charge on any atom is -0.464 e. The van der Waals surface area contributed by atoms with E-state index in [9.17, 15) is 14.4 Å². The number of benzene rings is 1. The van der Waals surface area contributed by atoms with Gasteiger partial charge in [0.25, 0.3) is 0 Å². The molecule has 1 unspecified atom stereocenters. The van der Waals surface area contributed by atoms with Crippen molar-refractivity contribution in [2.45, 2.75) is 131 Å². The number of carbonyl (C=O) groups is 3. The molecule has 0 saturated carbocycles. The molecule has 2 fully saturated rings. The Kier molecular flexibility index (Phi) is 13.3. The number of esters is 1. The van der Waals surface area contributed by atoms with Crippen molar-refractivity contribution in [3.8, 4) is 11.3 Å². The summed E-state index contributed by atoms with van der Waals surface area (Å²) in [4.78, 5) is 46.4. The van der Waals surface area contributed by atoms with Gasteiger partial charge in [-0.2, -0.15) is 5.01 Å². The van der Waals surface area contributed by atoms with Gasteiger partial charge in [-0.1, -0.05) is 29.8 Å². The van der Waals surface area contributed by atoms with Gasteiger partial charge in [0.15, 0.2) is 6.04 Å². The molecule has 3 aromatic rings. The largest absolute Gasteiger partial charge is 0.464 e. The number of fused-ring (bicyclic) bond motifs is 5. The Labute approximate surface area is 357 Å². The predicted molar refractivity (Wildman–Crippen MR) is 231 cm³/mol. The van der Waals surface area contributed by atoms with Crippen LogP contribution >= 0.6 is 15.9 Å². The third-order valence-corrected chi connectivity index (χ3v) is 11.4. The number of aryl methyl sites for hydroxylation is 1. The summed E-state index contributed by atoms with van der Waals surface area (Å²) < 4.78 is 32.8. The highest BCUT2D eigenvalue weighted by Crippen LogP contribution is 2.43. The molecule has 2 saturated heterocycles. The first-order chi connectivity index (χ1) is 27.7. The van der Waals surface area contributed by atoms with Crippen LogP contribution in [0.4, 0.5) is 9.59 Å². The minimum absolute atomic E-state index is 0.0490. The van der Waals surface area contributed by atoms with Gasteiger partial charge in [0.2, 0.25) is 0 Å². The van der Waals surface area contributed by atoms with Crippen molar-refractivity contribution in [3.63, 3.8) is 0 Å². The molecule has 2 aromatic heterocycles. The molecule has 0 aliphatic carbocycles. The Hall–Kier alpha value is -3.98. The second kappa shape index (κ2) is 17.6. The van der Waals surface area contributed by atoms with Crippen molar-refractivity contribution >= 4 is 50.6 Å². The van der Waals surface area contributed by atoms with Gasteiger partial charge in [0.05, 0.1) is 36.8 Å². The fourth-order valence-electron chi connectivity index (χ4n) is 8.18. The quantitative estimate of drug-likeness (QED) is 0.155. The molecule has 1 N–H and O–H groups in total. The van der Waals surface area contributed by atoms with E-state index in [-0.39, 0.29) is 25.4 Å². The number of halogens is 1. The molecule has 2 bridgehead atoms. The summed E-state index contributed by atoms with van der Waals surface area (Å²) in [6, 6.07) is 7.55. The summed E-state index contributed by atoms with van der Waals surface area (Å²) in [6.07, 6.45) is 2.37. The summed E-state index contributed by atoms with van der Waals surface area (Å²) >= 11 is 3.74. The number of ether oxygens (including phenoxy) is 5. The first-order valence-corrected chi connectivity index (χ1v) is 21.6. The molecule has 0 spiro atoms. The minimum atomic E-state index is -1.09. The highest BCUT2D eigenvalue weighted by Gasteiger charge is 2.44. The Morgan fingerprint density at radius 2 is 1.75 bits per heavy atom. The second-order valence-electron chi connectivity index (χ2n) is 18.7. The van der Waals surface area contributed by atoms with Crippen molar-refractivity contribution in [2.75, 3.05) is 40.0 Å². The average molecular weight is 881 g/mol. The van der Waals surface area contributed by atoms with Crippen LogP contribution in [0, 0.1) is 5.41 Å². The number of amides is 2. The van der Waals surface area contributed by atoms with Crippen molar-refractivity contribution in [3.05, 3.63) is 57.3 Å². The van der Waals surface area contributed by atoms with Crippen molar-refractivity contribution in [1.82, 2.24) is 24.9 Å². The SMILES string of the molecule is CCn1c(-c2cc(C3=C4CNCC(C3)OC4)cnc2[C@H](C)OC)c(CC(C)(C)COC(=O)[C@@H]2CCCN(C(=O)OC(C)(C)C)N2C(=O)OC(C)(C)C)c2cc(Br)ccc21. The van der Waals surface area contributed by atoms with Crippen LogP contribution in [0.5, 0.6) is 0 Å². The van der Waals surface area contributed by atoms with Gasteiger partial charge in [0, 0.05) is 72.3 Å². The fourth-order valence-corrected chi connectivity index (χ4v) is 8.54. The summed E-state index contributed by atoms with van der Waals surface area (Å²) in [5, 5.41) is 6.87. The lowest BCUT2D eigenvalue weighted by molar-refractivity contribution is -0.164. The number of hydrogen-bond acceptors (Lipinski definition) is 10. The normalized spacial score (nSPS) is 19.5. The van der Waals surface area contributed by atoms with Crippen LogP contribution in [0.1, 0.15) is 111 Å². The molecule has 0 radical (unpaired) electrons. The van der Waals surface area contributed by atoms with Crippen LogP contribution in [0.3, 0.4) is 0 Å². The molecule has 14 heteroatoms. The van der Waals surface area contributed by atoms with Crippen LogP contribution < -0.4 is 5.32 Å². The van der Waals surface area contributed by atoms with Crippen molar-refractivity contribution in [1.29, 1.82) is 0 Å². The summed E-state index contributed by atoms with van der Waals surface area (Å²) in [5.41, 5.74) is 6.40. The number of carbonyl (C=O) groups excluding carboxylic acids is 3. The van der Waals surface area contributed by atoms with Gasteiger partial charge in [-0.05, 0) is 121 Å². The van der Waals surface area contributed by atoms with E-state index in [1.807, 2.05) is 13.1 Å². The number of methoxy groups -OCH3 is 1. The lowest BCUT2D eigenvalue weighted by atomic mass is 9.84. The zero-order valence-corrected chi connectivity index (χ0v) is 38.2. The zero-order chi connectivity index (χ0) is 43.0. The maximum absolute atomic E-state index is 14.1. The maximum Gasteiger partial charge on any atom is 0.430 e. The molecule has 7 rings (SSSR count). The zero-order valence-electron chi connectivity index (χ0n) is 36.6. The van der Waals surface area contributed by atoms with E-state index in [1.54, 1.807) is 48.7 Å². The Balaban J connectivity index is 1.36. The van der Waals surface area contributed by atoms with E-state index in [0.29, 0.717) is 32.4 Å². The Morgan fingerprint density at radius 1 is 1.03 bits per heavy atom. The number of pyridine rings is 1. The van der Waals surface area contributed by atoms with Crippen LogP contribution in [0.25, 0.3) is 27.7 Å². The number of nitrogens with one attached hydrogen (secondary N) is 1. The standard InChI is InChI=1S/C45H62BrN5O8/c1-12-49-36-16-15-30(46)19-33(36)35(39(49)34-18-28(23-48-38(34)27(2)55-11)32-20-31-24-47-22-29(32)25-56-31)21-45(9,10)26-57-40(52)37-14-13-17-50(41(53)58-43(3,4)5)51(37)42(54)59-44(6,7)8/h15-16,18-19,23,27,31,37,47H,12-14,17,20-22,24-26H2,1-11H3/t27-,31?,37-/m0/s1. The molecule has 2 amide bonds. The van der Waals surface area contributed by atoms with Crippen molar-refractivity contribution < 1.29 is 38.1 Å². The Morgan fingerprint density at radius 3 is 2.42 bits per heavy atom. The van der Waals surface area contributed by atoms with Gasteiger partial charge in [-0.15, -0.1) is 0 Å². The molecular weight excluding hydrogens is 818 g/mol. The monoisotopic (exact) mass is 879 g/mol. The highest BCUT2D eigenvalue weighted by molar-refractivity contribution is 9.10. The van der Waals surface area contributed by atoms with E-state index in [4.69, 9.17) is 28.7 Å². The van der Waals surface area contributed by atoms with Gasteiger partial charge in [-0.3, -0.25) is 4.98 Å². The van der Waals surface area contributed by atoms with Crippen LogP contribution in [-0.2, 0) is 41.4 Å². The summed E-state index contributed by atoms with van der Waals surface area (Å²) in [6.45, 7) is 21.9. The third-order valence-electron chi connectivity index (χ3n) is 10.9. The van der Waals surface area contributed by atoms with E-state index in [2.05, 4.69) is 70.9 Å². The molecule has 4 aliphatic rings. The first-order valence-electron chi connectivity index (χ1n) is 20.8. The third kappa shape index (κ3) is 10.1. The van der Waals surface area contributed by atoms with Gasteiger partial charge < -0.3 is 33.6 Å². The number of nitrogens with zero attached hydrogens (tertiary/aromatic N) is 4. The Bertz CT molecular complexity index is 2090. The molecule has 13 nitrogen and oxygen atoms in total. The molecule has 4 aliphatic heterocycles. The molecule has 1 aromatic carbocycles. The van der Waals surface area contributed by atoms with Crippen molar-refractivity contribution in [2.24, 2.45) is 5.41 Å². The topological polar surface area (TPSA) is 134 Å². The number of rotatable bonds is 10. The molecule has 322 valence electrons. The van der Waals surface area contributed by atoms with E-state index >= 15 is 0 Å². The van der Waals surface area contributed by atoms with Gasteiger partial charge in [-0.25, -0.2) is 19.4 Å². The lowest BCUT2D eigenvalue weighted by Crippen LogP contribution is -2.61. The number of hydrogen-bond donors (Lipinski definition) is 1. The molecular formula is C45H62BrN5O8. The van der Waals surface area contributed by atoms with Crippen LogP contribution in [0.2, 0.25) is 0 Å². The van der Waals surface area contributed by atoms with E-state index in [0.717, 1.165) is 68.0 Å². The van der Waals surface area contributed by atoms with Crippen LogP contribution in [0.15, 0.2) is 40.5 Å². The second-order valence-corrected chi connectivity index (χ2v) is 19.6. The smallest absolute Gasteiger partial charge is 0.430 e. The summed E-state index contributed by atoms with van der Waals surface area (Å²) in [5.74, 6) is -0.616. The van der Waals surface area contributed by atoms with Gasteiger partial charge in [0.1, 0.15) is 11.2 Å². The summed E-state index contributed by atoms with van der Waals surface area (Å²) in [7, 11) is 1.70. The lowest BCUT2D eigenvalue weighted by Gasteiger charge is -2.43. The highest BCUT2D eigenvalue weighted by atomic mass is 79.9. The van der Waals surface area contributed by atoms with E-state index in [1.165, 1.54) is 16.2 Å². The maximum atomic E-state index is 14.1. The predicted octanol–water partition coefficient (Wildman–Crippen LogP) is 9.00. The fraction of sp³-hybridized carbons (Fsp3) is 0.600. The number of hydrazine groups is 1.